The number of carbonyl (C=O) groups is 1. The maximum atomic E-state index is 11.0. The van der Waals surface area contributed by atoms with Gasteiger partial charge in [0.1, 0.15) is 6.61 Å². The first-order valence-electron chi connectivity index (χ1n) is 3.50. The van der Waals surface area contributed by atoms with Crippen molar-refractivity contribution in [3.05, 3.63) is 0 Å². The molecule has 3 heteroatoms. The van der Waals surface area contributed by atoms with Crippen LogP contribution in [-0.2, 0) is 14.3 Å². The van der Waals surface area contributed by atoms with Crippen LogP contribution in [0.4, 0.5) is 0 Å². The Hall–Kier alpha value is -0.570. The SMILES string of the molecule is CCC1(C)OCCOC1=O. The molecule has 0 amide bonds. The van der Waals surface area contributed by atoms with Gasteiger partial charge in [-0.3, -0.25) is 0 Å². The second kappa shape index (κ2) is 2.58. The number of esters is 1. The lowest BCUT2D eigenvalue weighted by atomic mass is 10.0. The van der Waals surface area contributed by atoms with Crippen molar-refractivity contribution in [1.82, 2.24) is 0 Å². The minimum absolute atomic E-state index is 0.235. The van der Waals surface area contributed by atoms with Gasteiger partial charge in [-0.1, -0.05) is 6.92 Å². The van der Waals surface area contributed by atoms with E-state index in [-0.39, 0.29) is 5.97 Å². The summed E-state index contributed by atoms with van der Waals surface area (Å²) < 4.78 is 10.1. The fourth-order valence-corrected chi connectivity index (χ4v) is 0.859. The van der Waals surface area contributed by atoms with Crippen LogP contribution in [-0.4, -0.2) is 24.8 Å². The second-order valence-electron chi connectivity index (χ2n) is 2.57. The van der Waals surface area contributed by atoms with E-state index >= 15 is 0 Å². The minimum Gasteiger partial charge on any atom is -0.461 e. The van der Waals surface area contributed by atoms with Gasteiger partial charge in [-0.25, -0.2) is 4.79 Å². The highest BCUT2D eigenvalue weighted by atomic mass is 16.6. The van der Waals surface area contributed by atoms with Gasteiger partial charge in [-0.05, 0) is 13.3 Å². The zero-order valence-electron chi connectivity index (χ0n) is 6.35. The van der Waals surface area contributed by atoms with E-state index in [1.54, 1.807) is 6.92 Å². The molecule has 0 spiro atoms. The van der Waals surface area contributed by atoms with Gasteiger partial charge in [-0.2, -0.15) is 0 Å². The molecule has 0 saturated carbocycles. The second-order valence-corrected chi connectivity index (χ2v) is 2.57. The average Bonchev–Trinajstić information content (AvgIpc) is 1.96. The monoisotopic (exact) mass is 144 g/mol. The minimum atomic E-state index is -0.682. The molecule has 0 aliphatic carbocycles. The number of cyclic esters (lactones) is 1. The topological polar surface area (TPSA) is 35.5 Å². The van der Waals surface area contributed by atoms with Gasteiger partial charge in [0.05, 0.1) is 6.61 Å². The zero-order valence-corrected chi connectivity index (χ0v) is 6.35. The molecule has 0 aromatic rings. The van der Waals surface area contributed by atoms with Gasteiger partial charge in [-0.15, -0.1) is 0 Å². The molecule has 0 aromatic heterocycles. The van der Waals surface area contributed by atoms with Crippen LogP contribution in [0.3, 0.4) is 0 Å². The van der Waals surface area contributed by atoms with E-state index in [9.17, 15) is 4.79 Å². The van der Waals surface area contributed by atoms with E-state index in [0.717, 1.165) is 0 Å². The van der Waals surface area contributed by atoms with Crippen LogP contribution < -0.4 is 0 Å². The molecule has 1 heterocycles. The van der Waals surface area contributed by atoms with Gasteiger partial charge in [0.15, 0.2) is 5.60 Å². The molecule has 0 bridgehead atoms. The molecule has 0 radical (unpaired) electrons. The first-order chi connectivity index (χ1) is 4.69. The number of hydrogen-bond donors (Lipinski definition) is 0. The molecule has 1 rings (SSSR count). The third-order valence-electron chi connectivity index (χ3n) is 1.84. The highest BCUT2D eigenvalue weighted by molar-refractivity contribution is 5.79. The fraction of sp³-hybridized carbons (Fsp3) is 0.857. The molecule has 1 aliphatic heterocycles. The van der Waals surface area contributed by atoms with Crippen LogP contribution in [0.1, 0.15) is 20.3 Å². The van der Waals surface area contributed by atoms with Crippen molar-refractivity contribution in [3.63, 3.8) is 0 Å². The van der Waals surface area contributed by atoms with Crippen LogP contribution >= 0.6 is 0 Å². The highest BCUT2D eigenvalue weighted by Gasteiger charge is 2.36. The summed E-state index contributed by atoms with van der Waals surface area (Å²) in [6.07, 6.45) is 0.672. The lowest BCUT2D eigenvalue weighted by Gasteiger charge is -2.30. The van der Waals surface area contributed by atoms with Crippen LogP contribution in [0.2, 0.25) is 0 Å². The van der Waals surface area contributed by atoms with Gasteiger partial charge in [0.25, 0.3) is 0 Å². The Labute approximate surface area is 60.3 Å². The Morgan fingerprint density at radius 2 is 2.30 bits per heavy atom. The quantitative estimate of drug-likeness (QED) is 0.509. The predicted molar refractivity (Wildman–Crippen MR) is 35.6 cm³/mol. The van der Waals surface area contributed by atoms with Crippen molar-refractivity contribution < 1.29 is 14.3 Å². The van der Waals surface area contributed by atoms with Crippen molar-refractivity contribution in [2.75, 3.05) is 13.2 Å². The maximum Gasteiger partial charge on any atom is 0.338 e. The van der Waals surface area contributed by atoms with Crippen molar-refractivity contribution in [2.45, 2.75) is 25.9 Å². The molecule has 1 unspecified atom stereocenters. The molecule has 1 saturated heterocycles. The first kappa shape index (κ1) is 7.54. The first-order valence-corrected chi connectivity index (χ1v) is 3.50. The van der Waals surface area contributed by atoms with Gasteiger partial charge in [0, 0.05) is 0 Å². The molecular formula is C7H12O3. The van der Waals surface area contributed by atoms with Crippen molar-refractivity contribution in [1.29, 1.82) is 0 Å². The third-order valence-corrected chi connectivity index (χ3v) is 1.84. The molecule has 10 heavy (non-hydrogen) atoms. The number of ether oxygens (including phenoxy) is 2. The van der Waals surface area contributed by atoms with E-state index in [0.29, 0.717) is 19.6 Å². The Kier molecular flexibility index (Phi) is 1.94. The van der Waals surface area contributed by atoms with Crippen LogP contribution in [0.25, 0.3) is 0 Å². The Morgan fingerprint density at radius 1 is 1.60 bits per heavy atom. The summed E-state index contributed by atoms with van der Waals surface area (Å²) in [7, 11) is 0. The van der Waals surface area contributed by atoms with Crippen LogP contribution in [0.5, 0.6) is 0 Å². The standard InChI is InChI=1S/C7H12O3/c1-3-7(2)6(8)9-4-5-10-7/h3-5H2,1-2H3. The van der Waals surface area contributed by atoms with Gasteiger partial charge in [0.2, 0.25) is 0 Å². The van der Waals surface area contributed by atoms with Crippen LogP contribution in [0, 0.1) is 0 Å². The lowest BCUT2D eigenvalue weighted by molar-refractivity contribution is -0.189. The van der Waals surface area contributed by atoms with Gasteiger partial charge < -0.3 is 9.47 Å². The fourth-order valence-electron chi connectivity index (χ4n) is 0.859. The molecular weight excluding hydrogens is 132 g/mol. The van der Waals surface area contributed by atoms with E-state index in [4.69, 9.17) is 9.47 Å². The number of carbonyl (C=O) groups excluding carboxylic acids is 1. The largest absolute Gasteiger partial charge is 0.461 e. The molecule has 3 nitrogen and oxygen atoms in total. The number of hydrogen-bond acceptors (Lipinski definition) is 3. The van der Waals surface area contributed by atoms with Gasteiger partial charge >= 0.3 is 5.97 Å². The molecule has 0 N–H and O–H groups in total. The summed E-state index contributed by atoms with van der Waals surface area (Å²) >= 11 is 0. The molecule has 0 aromatic carbocycles. The summed E-state index contributed by atoms with van der Waals surface area (Å²) in [5, 5.41) is 0. The summed E-state index contributed by atoms with van der Waals surface area (Å²) in [6, 6.07) is 0. The normalized spacial score (nSPS) is 33.6. The highest BCUT2D eigenvalue weighted by Crippen LogP contribution is 2.19. The molecule has 1 fully saturated rings. The van der Waals surface area contributed by atoms with Crippen LogP contribution in [0.15, 0.2) is 0 Å². The Bertz CT molecular complexity index is 144. The predicted octanol–water partition coefficient (Wildman–Crippen LogP) is 0.728. The van der Waals surface area contributed by atoms with Crippen molar-refractivity contribution >= 4 is 5.97 Å². The Balaban J connectivity index is 2.63. The summed E-state index contributed by atoms with van der Waals surface area (Å²) in [5.41, 5.74) is -0.682. The van der Waals surface area contributed by atoms with E-state index in [1.807, 2.05) is 6.92 Å². The molecule has 1 aliphatic rings. The van der Waals surface area contributed by atoms with E-state index in [1.165, 1.54) is 0 Å². The smallest absolute Gasteiger partial charge is 0.338 e. The third kappa shape index (κ3) is 1.14. The molecule has 1 atom stereocenters. The summed E-state index contributed by atoms with van der Waals surface area (Å²) in [6.45, 7) is 4.59. The van der Waals surface area contributed by atoms with Crippen molar-refractivity contribution in [2.24, 2.45) is 0 Å². The number of rotatable bonds is 1. The van der Waals surface area contributed by atoms with Crippen molar-refractivity contribution in [3.8, 4) is 0 Å². The average molecular weight is 144 g/mol. The van der Waals surface area contributed by atoms with E-state index < -0.39 is 5.60 Å². The summed E-state index contributed by atoms with van der Waals surface area (Å²) in [5.74, 6) is -0.235. The summed E-state index contributed by atoms with van der Waals surface area (Å²) in [4.78, 5) is 11.0. The molecule has 58 valence electrons. The maximum absolute atomic E-state index is 11.0. The van der Waals surface area contributed by atoms with E-state index in [2.05, 4.69) is 0 Å². The zero-order chi connectivity index (χ0) is 7.61. The lowest BCUT2D eigenvalue weighted by Crippen LogP contribution is -2.44. The Morgan fingerprint density at radius 3 is 2.70 bits per heavy atom.